The smallest absolute Gasteiger partial charge is 0.259 e. The number of anilines is 1. The topological polar surface area (TPSA) is 81.9 Å². The normalized spacial score (nSPS) is 11.2. The highest BCUT2D eigenvalue weighted by Gasteiger charge is 2.10. The molecule has 0 saturated carbocycles. The van der Waals surface area contributed by atoms with Gasteiger partial charge in [-0.1, -0.05) is 29.4 Å². The summed E-state index contributed by atoms with van der Waals surface area (Å²) in [4.78, 5) is 12.0. The number of aromatic hydroxyl groups is 1. The molecule has 2 aromatic carbocycles. The highest BCUT2D eigenvalue weighted by Crippen LogP contribution is 2.18. The molecule has 3 N–H and O–H groups in total. The molecule has 1 amide bonds. The molecule has 2 rings (SSSR count). The van der Waals surface area contributed by atoms with Gasteiger partial charge in [0.05, 0.1) is 11.3 Å². The summed E-state index contributed by atoms with van der Waals surface area (Å²) >= 11 is 0. The Labute approximate surface area is 116 Å². The maximum Gasteiger partial charge on any atom is 0.259 e. The Bertz CT molecular complexity index is 666. The molecule has 0 aromatic heterocycles. The molecule has 20 heavy (non-hydrogen) atoms. The van der Waals surface area contributed by atoms with Crippen LogP contribution in [-0.4, -0.2) is 21.9 Å². The first-order valence-electron chi connectivity index (χ1n) is 6.00. The third-order valence-electron chi connectivity index (χ3n) is 2.84. The van der Waals surface area contributed by atoms with Crippen LogP contribution in [0.2, 0.25) is 0 Å². The van der Waals surface area contributed by atoms with E-state index >= 15 is 0 Å². The van der Waals surface area contributed by atoms with Crippen molar-refractivity contribution in [3.63, 3.8) is 0 Å². The number of phenols is 1. The minimum Gasteiger partial charge on any atom is -0.507 e. The van der Waals surface area contributed by atoms with E-state index in [4.69, 9.17) is 5.21 Å². The Kier molecular flexibility index (Phi) is 4.00. The first kappa shape index (κ1) is 13.6. The first-order valence-corrected chi connectivity index (χ1v) is 6.00. The van der Waals surface area contributed by atoms with Gasteiger partial charge in [-0.3, -0.25) is 4.79 Å². The summed E-state index contributed by atoms with van der Waals surface area (Å²) in [5.41, 5.74) is 1.90. The Morgan fingerprint density at radius 3 is 2.60 bits per heavy atom. The largest absolute Gasteiger partial charge is 0.507 e. The SMILES string of the molecule is C/C(=N\O)c1cccc(NC(=O)c2ccccc2O)c1. The third-order valence-corrected chi connectivity index (χ3v) is 2.84. The fourth-order valence-electron chi connectivity index (χ4n) is 1.74. The molecule has 0 aliphatic carbocycles. The molecule has 0 aliphatic heterocycles. The van der Waals surface area contributed by atoms with Crippen LogP contribution in [0.25, 0.3) is 0 Å². The van der Waals surface area contributed by atoms with E-state index in [1.54, 1.807) is 43.3 Å². The molecule has 5 nitrogen and oxygen atoms in total. The molecular formula is C15H14N2O3. The first-order chi connectivity index (χ1) is 9.61. The second-order valence-corrected chi connectivity index (χ2v) is 4.24. The predicted molar refractivity (Wildman–Crippen MR) is 76.5 cm³/mol. The molecule has 0 heterocycles. The van der Waals surface area contributed by atoms with Crippen LogP contribution in [0.15, 0.2) is 53.7 Å². The lowest BCUT2D eigenvalue weighted by Gasteiger charge is -2.08. The third kappa shape index (κ3) is 2.95. The van der Waals surface area contributed by atoms with Crippen molar-refractivity contribution in [1.82, 2.24) is 0 Å². The molecule has 0 aliphatic rings. The standard InChI is InChI=1S/C15H14N2O3/c1-10(17-20)11-5-4-6-12(9-11)16-15(19)13-7-2-3-8-14(13)18/h2-9,18,20H,1H3,(H,16,19)/b17-10+. The van der Waals surface area contributed by atoms with Crippen LogP contribution in [0.3, 0.4) is 0 Å². The van der Waals surface area contributed by atoms with E-state index in [-0.39, 0.29) is 11.3 Å². The molecule has 2 aromatic rings. The molecule has 5 heteroatoms. The van der Waals surface area contributed by atoms with E-state index in [9.17, 15) is 9.90 Å². The Morgan fingerprint density at radius 1 is 1.15 bits per heavy atom. The van der Waals surface area contributed by atoms with E-state index in [1.807, 2.05) is 0 Å². The molecule has 0 fully saturated rings. The minimum atomic E-state index is -0.404. The lowest BCUT2D eigenvalue weighted by molar-refractivity contribution is 0.102. The minimum absolute atomic E-state index is 0.0748. The van der Waals surface area contributed by atoms with Crippen molar-refractivity contribution in [1.29, 1.82) is 0 Å². The maximum absolute atomic E-state index is 12.0. The van der Waals surface area contributed by atoms with E-state index in [1.165, 1.54) is 12.1 Å². The van der Waals surface area contributed by atoms with Crippen LogP contribution in [0, 0.1) is 0 Å². The lowest BCUT2D eigenvalue weighted by Crippen LogP contribution is -2.12. The summed E-state index contributed by atoms with van der Waals surface area (Å²) in [6.45, 7) is 1.66. The van der Waals surface area contributed by atoms with Gasteiger partial charge in [0.15, 0.2) is 0 Å². The number of nitrogens with one attached hydrogen (secondary N) is 1. The van der Waals surface area contributed by atoms with Crippen LogP contribution >= 0.6 is 0 Å². The van der Waals surface area contributed by atoms with Crippen LogP contribution in [0.1, 0.15) is 22.8 Å². The number of rotatable bonds is 3. The number of oxime groups is 1. The van der Waals surface area contributed by atoms with Crippen molar-refractivity contribution in [3.8, 4) is 5.75 Å². The summed E-state index contributed by atoms with van der Waals surface area (Å²) in [7, 11) is 0. The van der Waals surface area contributed by atoms with Crippen LogP contribution in [0.5, 0.6) is 5.75 Å². The summed E-state index contributed by atoms with van der Waals surface area (Å²) in [6.07, 6.45) is 0. The molecule has 0 bridgehead atoms. The quantitative estimate of drug-likeness (QED) is 0.455. The molecule has 0 atom stereocenters. The van der Waals surface area contributed by atoms with Crippen molar-refractivity contribution >= 4 is 17.3 Å². The van der Waals surface area contributed by atoms with Gasteiger partial charge in [0.1, 0.15) is 5.75 Å². The number of amides is 1. The maximum atomic E-state index is 12.0. The number of benzene rings is 2. The average molecular weight is 270 g/mol. The van der Waals surface area contributed by atoms with Gasteiger partial charge >= 0.3 is 0 Å². The average Bonchev–Trinajstić information content (AvgIpc) is 2.47. The number of carbonyl (C=O) groups is 1. The Hall–Kier alpha value is -2.82. The van der Waals surface area contributed by atoms with Gasteiger partial charge in [-0.25, -0.2) is 0 Å². The van der Waals surface area contributed by atoms with Crippen LogP contribution < -0.4 is 5.32 Å². The predicted octanol–water partition coefficient (Wildman–Crippen LogP) is 2.84. The number of hydrogen-bond donors (Lipinski definition) is 3. The number of para-hydroxylation sites is 1. The van der Waals surface area contributed by atoms with Gasteiger partial charge in [-0.2, -0.15) is 0 Å². The summed E-state index contributed by atoms with van der Waals surface area (Å²) in [5, 5.41) is 24.2. The van der Waals surface area contributed by atoms with Crippen molar-refractivity contribution < 1.29 is 15.1 Å². The Balaban J connectivity index is 2.23. The van der Waals surface area contributed by atoms with Crippen molar-refractivity contribution in [2.45, 2.75) is 6.92 Å². The highest BCUT2D eigenvalue weighted by molar-refractivity contribution is 6.07. The monoisotopic (exact) mass is 270 g/mol. The van der Waals surface area contributed by atoms with Crippen molar-refractivity contribution in [2.24, 2.45) is 5.16 Å². The number of carbonyl (C=O) groups excluding carboxylic acids is 1. The number of phenolic OH excluding ortho intramolecular Hbond substituents is 1. The zero-order chi connectivity index (χ0) is 14.5. The van der Waals surface area contributed by atoms with Gasteiger partial charge in [0.2, 0.25) is 0 Å². The molecule has 0 saturated heterocycles. The van der Waals surface area contributed by atoms with E-state index < -0.39 is 5.91 Å². The fraction of sp³-hybridized carbons (Fsp3) is 0.0667. The lowest BCUT2D eigenvalue weighted by atomic mass is 10.1. The second-order valence-electron chi connectivity index (χ2n) is 4.24. The number of nitrogens with zero attached hydrogens (tertiary/aromatic N) is 1. The van der Waals surface area contributed by atoms with Crippen molar-refractivity contribution in [2.75, 3.05) is 5.32 Å². The van der Waals surface area contributed by atoms with Crippen LogP contribution in [-0.2, 0) is 0 Å². The summed E-state index contributed by atoms with van der Waals surface area (Å²) < 4.78 is 0. The van der Waals surface area contributed by atoms with Crippen molar-refractivity contribution in [3.05, 3.63) is 59.7 Å². The summed E-state index contributed by atoms with van der Waals surface area (Å²) in [6, 6.07) is 13.2. The van der Waals surface area contributed by atoms with E-state index in [2.05, 4.69) is 10.5 Å². The van der Waals surface area contributed by atoms with Gasteiger partial charge in [0.25, 0.3) is 5.91 Å². The fourth-order valence-corrected chi connectivity index (χ4v) is 1.74. The van der Waals surface area contributed by atoms with Gasteiger partial charge in [-0.05, 0) is 31.2 Å². The molecule has 0 unspecified atom stereocenters. The highest BCUT2D eigenvalue weighted by atomic mass is 16.4. The van der Waals surface area contributed by atoms with E-state index in [0.29, 0.717) is 17.0 Å². The van der Waals surface area contributed by atoms with Gasteiger partial charge in [-0.15, -0.1) is 0 Å². The summed E-state index contributed by atoms with van der Waals surface area (Å²) in [5.74, 6) is -0.479. The molecule has 0 spiro atoms. The van der Waals surface area contributed by atoms with E-state index in [0.717, 1.165) is 0 Å². The number of hydrogen-bond acceptors (Lipinski definition) is 4. The Morgan fingerprint density at radius 2 is 1.90 bits per heavy atom. The van der Waals surface area contributed by atoms with Gasteiger partial charge < -0.3 is 15.6 Å². The molecule has 102 valence electrons. The van der Waals surface area contributed by atoms with Gasteiger partial charge in [0, 0.05) is 11.3 Å². The zero-order valence-electron chi connectivity index (χ0n) is 10.9. The molecular weight excluding hydrogens is 256 g/mol. The second kappa shape index (κ2) is 5.88. The van der Waals surface area contributed by atoms with Crippen LogP contribution in [0.4, 0.5) is 5.69 Å². The molecule has 0 radical (unpaired) electrons. The zero-order valence-corrected chi connectivity index (χ0v) is 10.9.